The Morgan fingerprint density at radius 1 is 1.33 bits per heavy atom. The molecule has 0 radical (unpaired) electrons. The van der Waals surface area contributed by atoms with Crippen molar-refractivity contribution in [3.8, 4) is 0 Å². The molecule has 0 amide bonds. The lowest BCUT2D eigenvalue weighted by atomic mass is 10.1. The molecule has 0 aliphatic heterocycles. The van der Waals surface area contributed by atoms with Crippen LogP contribution in [0.15, 0.2) is 18.2 Å². The molecule has 0 atom stereocenters. The Morgan fingerprint density at radius 2 is 2.05 bits per heavy atom. The summed E-state index contributed by atoms with van der Waals surface area (Å²) in [6.07, 6.45) is 2.53. The molecule has 0 saturated heterocycles. The third-order valence-corrected chi connectivity index (χ3v) is 4.08. The van der Waals surface area contributed by atoms with E-state index in [1.807, 2.05) is 12.1 Å². The van der Waals surface area contributed by atoms with Crippen LogP contribution in [-0.4, -0.2) is 31.8 Å². The van der Waals surface area contributed by atoms with E-state index in [4.69, 9.17) is 16.3 Å². The van der Waals surface area contributed by atoms with Crippen LogP contribution in [0.25, 0.3) is 0 Å². The van der Waals surface area contributed by atoms with Crippen LogP contribution in [0.4, 0.5) is 5.69 Å². The molecule has 21 heavy (non-hydrogen) atoms. The number of ether oxygens (including phenoxy) is 1. The van der Waals surface area contributed by atoms with Gasteiger partial charge in [-0.25, -0.2) is 0 Å². The van der Waals surface area contributed by atoms with Gasteiger partial charge >= 0.3 is 0 Å². The molecule has 118 valence electrons. The molecule has 2 rings (SSSR count). The second-order valence-electron chi connectivity index (χ2n) is 6.76. The molecule has 1 aliphatic carbocycles. The number of hydrogen-bond donors (Lipinski definition) is 1. The lowest BCUT2D eigenvalue weighted by Crippen LogP contribution is -2.36. The van der Waals surface area contributed by atoms with Crippen molar-refractivity contribution in [1.29, 1.82) is 0 Å². The molecule has 0 spiro atoms. The topological polar surface area (TPSA) is 24.5 Å². The van der Waals surface area contributed by atoms with Gasteiger partial charge in [-0.2, -0.15) is 0 Å². The maximum atomic E-state index is 6.46. The highest BCUT2D eigenvalue weighted by Crippen LogP contribution is 2.36. The Morgan fingerprint density at radius 3 is 2.62 bits per heavy atom. The summed E-state index contributed by atoms with van der Waals surface area (Å²) in [6.45, 7) is 8.97. The van der Waals surface area contributed by atoms with Crippen molar-refractivity contribution in [3.05, 3.63) is 28.8 Å². The molecule has 0 aromatic heterocycles. The average Bonchev–Trinajstić information content (AvgIpc) is 3.22. The number of anilines is 1. The molecule has 4 heteroatoms. The van der Waals surface area contributed by atoms with Gasteiger partial charge in [0.15, 0.2) is 0 Å². The Kier molecular flexibility index (Phi) is 5.53. The lowest BCUT2D eigenvalue weighted by molar-refractivity contribution is 0.205. The van der Waals surface area contributed by atoms with Gasteiger partial charge in [0, 0.05) is 48.1 Å². The first-order valence-corrected chi connectivity index (χ1v) is 8.08. The molecule has 1 aromatic carbocycles. The second kappa shape index (κ2) is 6.99. The third-order valence-electron chi connectivity index (χ3n) is 3.72. The van der Waals surface area contributed by atoms with Crippen molar-refractivity contribution in [2.75, 3.05) is 25.2 Å². The van der Waals surface area contributed by atoms with Crippen molar-refractivity contribution in [2.24, 2.45) is 0 Å². The number of nitrogens with one attached hydrogen (secondary N) is 1. The Bertz CT molecular complexity index is 466. The van der Waals surface area contributed by atoms with Gasteiger partial charge in [-0.3, -0.25) is 0 Å². The predicted molar refractivity (Wildman–Crippen MR) is 90.3 cm³/mol. The molecule has 0 unspecified atom stereocenters. The van der Waals surface area contributed by atoms with E-state index in [-0.39, 0.29) is 5.54 Å². The SMILES string of the molecule is COCCN(c1cccc(Cl)c1CNC(C)(C)C)C1CC1. The lowest BCUT2D eigenvalue weighted by Gasteiger charge is -2.29. The molecular weight excluding hydrogens is 284 g/mol. The van der Waals surface area contributed by atoms with E-state index in [1.165, 1.54) is 24.1 Å². The smallest absolute Gasteiger partial charge is 0.0637 e. The van der Waals surface area contributed by atoms with Crippen molar-refractivity contribution in [2.45, 2.75) is 51.7 Å². The summed E-state index contributed by atoms with van der Waals surface area (Å²) in [6, 6.07) is 6.85. The minimum atomic E-state index is 0.0768. The van der Waals surface area contributed by atoms with Gasteiger partial charge in [0.05, 0.1) is 6.61 Å². The van der Waals surface area contributed by atoms with Crippen LogP contribution in [0.3, 0.4) is 0 Å². The van der Waals surface area contributed by atoms with Gasteiger partial charge in [0.1, 0.15) is 0 Å². The maximum Gasteiger partial charge on any atom is 0.0637 e. The molecule has 1 aliphatic rings. The third kappa shape index (κ3) is 4.87. The van der Waals surface area contributed by atoms with E-state index >= 15 is 0 Å². The summed E-state index contributed by atoms with van der Waals surface area (Å²) in [5, 5.41) is 4.39. The number of nitrogens with zero attached hydrogens (tertiary/aromatic N) is 1. The van der Waals surface area contributed by atoms with E-state index in [9.17, 15) is 0 Å². The maximum absolute atomic E-state index is 6.46. The zero-order valence-electron chi connectivity index (χ0n) is 13.6. The number of benzene rings is 1. The van der Waals surface area contributed by atoms with Crippen LogP contribution in [-0.2, 0) is 11.3 Å². The fourth-order valence-corrected chi connectivity index (χ4v) is 2.66. The summed E-state index contributed by atoms with van der Waals surface area (Å²) in [4.78, 5) is 2.45. The normalized spacial score (nSPS) is 15.3. The quantitative estimate of drug-likeness (QED) is 0.828. The van der Waals surface area contributed by atoms with E-state index in [0.717, 1.165) is 24.7 Å². The van der Waals surface area contributed by atoms with Gasteiger partial charge in [-0.05, 0) is 45.7 Å². The van der Waals surface area contributed by atoms with Gasteiger partial charge < -0.3 is 15.0 Å². The molecule has 0 heterocycles. The second-order valence-corrected chi connectivity index (χ2v) is 7.17. The number of hydrogen-bond acceptors (Lipinski definition) is 3. The van der Waals surface area contributed by atoms with Crippen LogP contribution < -0.4 is 10.2 Å². The summed E-state index contributed by atoms with van der Waals surface area (Å²) < 4.78 is 5.27. The Labute approximate surface area is 133 Å². The van der Waals surface area contributed by atoms with Crippen molar-refractivity contribution < 1.29 is 4.74 Å². The first kappa shape index (κ1) is 16.6. The standard InChI is InChI=1S/C17H27ClN2O/c1-17(2,3)19-12-14-15(18)6-5-7-16(14)20(10-11-21-4)13-8-9-13/h5-7,13,19H,8-12H2,1-4H3. The predicted octanol–water partition coefficient (Wildman–Crippen LogP) is 3.84. The van der Waals surface area contributed by atoms with E-state index < -0.39 is 0 Å². The first-order chi connectivity index (χ1) is 9.92. The molecular formula is C17H27ClN2O. The summed E-state index contributed by atoms with van der Waals surface area (Å²) in [5.41, 5.74) is 2.52. The van der Waals surface area contributed by atoms with Crippen molar-refractivity contribution in [3.63, 3.8) is 0 Å². The largest absolute Gasteiger partial charge is 0.383 e. The van der Waals surface area contributed by atoms with E-state index in [1.54, 1.807) is 7.11 Å². The fraction of sp³-hybridized carbons (Fsp3) is 0.647. The van der Waals surface area contributed by atoms with Gasteiger partial charge in [-0.1, -0.05) is 17.7 Å². The van der Waals surface area contributed by atoms with E-state index in [0.29, 0.717) is 6.04 Å². The monoisotopic (exact) mass is 310 g/mol. The van der Waals surface area contributed by atoms with Crippen molar-refractivity contribution in [1.82, 2.24) is 5.32 Å². The van der Waals surface area contributed by atoms with Crippen molar-refractivity contribution >= 4 is 17.3 Å². The zero-order valence-corrected chi connectivity index (χ0v) is 14.3. The minimum absolute atomic E-state index is 0.0768. The van der Waals surface area contributed by atoms with Crippen LogP contribution in [0.1, 0.15) is 39.2 Å². The number of halogens is 1. The summed E-state index contributed by atoms with van der Waals surface area (Å²) in [5.74, 6) is 0. The van der Waals surface area contributed by atoms with Crippen LogP contribution >= 0.6 is 11.6 Å². The average molecular weight is 311 g/mol. The minimum Gasteiger partial charge on any atom is -0.383 e. The molecule has 1 fully saturated rings. The van der Waals surface area contributed by atoms with Crippen LogP contribution in [0.5, 0.6) is 0 Å². The van der Waals surface area contributed by atoms with Crippen LogP contribution in [0.2, 0.25) is 5.02 Å². The Balaban J connectivity index is 2.22. The highest BCUT2D eigenvalue weighted by atomic mass is 35.5. The van der Waals surface area contributed by atoms with E-state index in [2.05, 4.69) is 37.1 Å². The molecule has 3 nitrogen and oxygen atoms in total. The highest BCUT2D eigenvalue weighted by molar-refractivity contribution is 6.31. The summed E-state index contributed by atoms with van der Waals surface area (Å²) in [7, 11) is 1.76. The van der Waals surface area contributed by atoms with Crippen LogP contribution in [0, 0.1) is 0 Å². The molecule has 1 aromatic rings. The molecule has 0 bridgehead atoms. The Hall–Kier alpha value is -0.770. The van der Waals surface area contributed by atoms with Gasteiger partial charge in [-0.15, -0.1) is 0 Å². The zero-order chi connectivity index (χ0) is 15.5. The molecule has 1 saturated carbocycles. The highest BCUT2D eigenvalue weighted by Gasteiger charge is 2.30. The summed E-state index contributed by atoms with van der Waals surface area (Å²) >= 11 is 6.46. The number of methoxy groups -OCH3 is 1. The first-order valence-electron chi connectivity index (χ1n) is 7.70. The molecule has 1 N–H and O–H groups in total. The van der Waals surface area contributed by atoms with Gasteiger partial charge in [0.2, 0.25) is 0 Å². The van der Waals surface area contributed by atoms with Gasteiger partial charge in [0.25, 0.3) is 0 Å². The number of rotatable bonds is 7. The fourth-order valence-electron chi connectivity index (χ4n) is 2.42.